The van der Waals surface area contributed by atoms with Crippen LogP contribution in [-0.4, -0.2) is 19.5 Å². The highest BCUT2D eigenvalue weighted by molar-refractivity contribution is 6.42. The maximum absolute atomic E-state index is 12.5. The molecule has 1 N–H and O–H groups in total. The summed E-state index contributed by atoms with van der Waals surface area (Å²) in [5.41, 5.74) is 0.629. The van der Waals surface area contributed by atoms with E-state index in [1.807, 2.05) is 0 Å². The van der Waals surface area contributed by atoms with Gasteiger partial charge in [0, 0.05) is 0 Å². The highest BCUT2D eigenvalue weighted by Crippen LogP contribution is 2.27. The first-order chi connectivity index (χ1) is 7.06. The maximum Gasteiger partial charge on any atom is 0.254 e. The lowest BCUT2D eigenvalue weighted by Gasteiger charge is -2.16. The molecular weight excluding hydrogens is 243 g/mol. The van der Waals surface area contributed by atoms with Crippen molar-refractivity contribution in [3.05, 3.63) is 33.8 Å². The van der Waals surface area contributed by atoms with E-state index < -0.39 is 12.5 Å². The van der Waals surface area contributed by atoms with Gasteiger partial charge in [0.15, 0.2) is 0 Å². The molecule has 0 saturated carbocycles. The molecule has 0 aliphatic rings. The molecule has 84 valence electrons. The van der Waals surface area contributed by atoms with Crippen molar-refractivity contribution in [1.82, 2.24) is 5.32 Å². The number of halogens is 4. The zero-order chi connectivity index (χ0) is 11.4. The van der Waals surface area contributed by atoms with Gasteiger partial charge in [-0.3, -0.25) is 0 Å². The predicted octanol–water partition coefficient (Wildman–Crippen LogP) is 3.39. The smallest absolute Gasteiger partial charge is 0.254 e. The number of alkyl halides is 2. The van der Waals surface area contributed by atoms with E-state index >= 15 is 0 Å². The molecule has 0 spiro atoms. The molecule has 5 heteroatoms. The molecule has 1 nitrogen and oxygen atoms in total. The third kappa shape index (κ3) is 3.30. The molecule has 0 amide bonds. The van der Waals surface area contributed by atoms with Crippen molar-refractivity contribution >= 4 is 23.2 Å². The molecule has 1 aromatic carbocycles. The Morgan fingerprint density at radius 3 is 2.53 bits per heavy atom. The van der Waals surface area contributed by atoms with Crippen molar-refractivity contribution < 1.29 is 8.78 Å². The molecule has 0 bridgehead atoms. The summed E-state index contributed by atoms with van der Waals surface area (Å²) in [6.45, 7) is 0. The quantitative estimate of drug-likeness (QED) is 0.868. The van der Waals surface area contributed by atoms with Gasteiger partial charge in [-0.25, -0.2) is 8.78 Å². The van der Waals surface area contributed by atoms with Gasteiger partial charge in [0.25, 0.3) is 6.43 Å². The van der Waals surface area contributed by atoms with Crippen LogP contribution in [0.4, 0.5) is 8.78 Å². The average molecular weight is 254 g/mol. The molecule has 0 fully saturated rings. The van der Waals surface area contributed by atoms with Gasteiger partial charge < -0.3 is 5.32 Å². The summed E-state index contributed by atoms with van der Waals surface area (Å²) < 4.78 is 25.0. The highest BCUT2D eigenvalue weighted by atomic mass is 35.5. The average Bonchev–Trinajstić information content (AvgIpc) is 2.19. The first-order valence-electron chi connectivity index (χ1n) is 4.44. The van der Waals surface area contributed by atoms with Crippen LogP contribution in [0.2, 0.25) is 10.0 Å². The standard InChI is InChI=1S/C10H11Cl2F2N/c1-15-8(10(13)14)5-6-3-2-4-7(11)9(6)12/h2-4,8,10,15H,5H2,1H3. The molecule has 0 saturated heterocycles. The summed E-state index contributed by atoms with van der Waals surface area (Å²) in [6.07, 6.45) is -2.27. The summed E-state index contributed by atoms with van der Waals surface area (Å²) in [4.78, 5) is 0. The van der Waals surface area contributed by atoms with Gasteiger partial charge in [-0.2, -0.15) is 0 Å². The van der Waals surface area contributed by atoms with E-state index in [0.29, 0.717) is 15.6 Å². The third-order valence-corrected chi connectivity index (χ3v) is 3.00. The number of hydrogen-bond acceptors (Lipinski definition) is 1. The number of likely N-dealkylation sites (N-methyl/N-ethyl adjacent to an activating group) is 1. The number of nitrogens with one attached hydrogen (secondary N) is 1. The molecule has 1 unspecified atom stereocenters. The van der Waals surface area contributed by atoms with E-state index in [0.717, 1.165) is 0 Å². The maximum atomic E-state index is 12.5. The Bertz CT molecular complexity index is 331. The first-order valence-corrected chi connectivity index (χ1v) is 5.20. The van der Waals surface area contributed by atoms with E-state index in [9.17, 15) is 8.78 Å². The first kappa shape index (κ1) is 12.7. The molecule has 1 aromatic rings. The Hall–Kier alpha value is -0.380. The van der Waals surface area contributed by atoms with Crippen LogP contribution in [0.1, 0.15) is 5.56 Å². The van der Waals surface area contributed by atoms with E-state index in [2.05, 4.69) is 5.32 Å². The zero-order valence-corrected chi connectivity index (χ0v) is 9.62. The molecule has 0 aliphatic carbocycles. The van der Waals surface area contributed by atoms with Gasteiger partial charge in [-0.1, -0.05) is 35.3 Å². The third-order valence-electron chi connectivity index (χ3n) is 2.15. The Balaban J connectivity index is 2.84. The minimum absolute atomic E-state index is 0.160. The summed E-state index contributed by atoms with van der Waals surface area (Å²) in [5, 5.41) is 3.28. The van der Waals surface area contributed by atoms with E-state index in [-0.39, 0.29) is 6.42 Å². The molecule has 0 heterocycles. The second-order valence-corrected chi connectivity index (χ2v) is 3.93. The fourth-order valence-corrected chi connectivity index (χ4v) is 1.66. The topological polar surface area (TPSA) is 12.0 Å². The van der Waals surface area contributed by atoms with Crippen LogP contribution < -0.4 is 5.32 Å². The van der Waals surface area contributed by atoms with E-state index in [4.69, 9.17) is 23.2 Å². The summed E-state index contributed by atoms with van der Waals surface area (Å²) in [6, 6.07) is 4.12. The lowest BCUT2D eigenvalue weighted by Crippen LogP contribution is -2.34. The van der Waals surface area contributed by atoms with Crippen LogP contribution in [0, 0.1) is 0 Å². The second kappa shape index (κ2) is 5.64. The molecule has 0 aliphatic heterocycles. The van der Waals surface area contributed by atoms with Crippen LogP contribution in [0.5, 0.6) is 0 Å². The lowest BCUT2D eigenvalue weighted by atomic mass is 10.1. The van der Waals surface area contributed by atoms with Gasteiger partial charge in [0.2, 0.25) is 0 Å². The van der Waals surface area contributed by atoms with Crippen molar-refractivity contribution in [3.63, 3.8) is 0 Å². The molecule has 0 radical (unpaired) electrons. The predicted molar refractivity (Wildman–Crippen MR) is 59.0 cm³/mol. The number of benzene rings is 1. The molecule has 1 rings (SSSR count). The van der Waals surface area contributed by atoms with Gasteiger partial charge in [0.05, 0.1) is 16.1 Å². The van der Waals surface area contributed by atoms with Crippen LogP contribution >= 0.6 is 23.2 Å². The normalized spacial score (nSPS) is 13.2. The fraction of sp³-hybridized carbons (Fsp3) is 0.400. The molecular formula is C10H11Cl2F2N. The van der Waals surface area contributed by atoms with E-state index in [1.165, 1.54) is 7.05 Å². The van der Waals surface area contributed by atoms with Crippen LogP contribution in [0.25, 0.3) is 0 Å². The number of hydrogen-bond donors (Lipinski definition) is 1. The Morgan fingerprint density at radius 1 is 1.33 bits per heavy atom. The minimum atomic E-state index is -2.43. The monoisotopic (exact) mass is 253 g/mol. The van der Waals surface area contributed by atoms with Gasteiger partial charge >= 0.3 is 0 Å². The lowest BCUT2D eigenvalue weighted by molar-refractivity contribution is 0.102. The van der Waals surface area contributed by atoms with E-state index in [1.54, 1.807) is 18.2 Å². The largest absolute Gasteiger partial charge is 0.312 e. The van der Waals surface area contributed by atoms with Crippen molar-refractivity contribution in [3.8, 4) is 0 Å². The second-order valence-electron chi connectivity index (χ2n) is 3.15. The van der Waals surface area contributed by atoms with Gasteiger partial charge in [-0.15, -0.1) is 0 Å². The Morgan fingerprint density at radius 2 is 2.00 bits per heavy atom. The Labute approximate surface area is 97.4 Å². The van der Waals surface area contributed by atoms with Crippen LogP contribution in [-0.2, 0) is 6.42 Å². The minimum Gasteiger partial charge on any atom is -0.312 e. The van der Waals surface area contributed by atoms with Gasteiger partial charge in [-0.05, 0) is 25.1 Å². The van der Waals surface area contributed by atoms with Crippen LogP contribution in [0.15, 0.2) is 18.2 Å². The van der Waals surface area contributed by atoms with Gasteiger partial charge in [0.1, 0.15) is 0 Å². The summed E-state index contributed by atoms with van der Waals surface area (Å²) in [7, 11) is 1.50. The summed E-state index contributed by atoms with van der Waals surface area (Å²) in [5.74, 6) is 0. The molecule has 1 atom stereocenters. The van der Waals surface area contributed by atoms with Crippen molar-refractivity contribution in [2.75, 3.05) is 7.05 Å². The SMILES string of the molecule is CNC(Cc1cccc(Cl)c1Cl)C(F)F. The molecule has 15 heavy (non-hydrogen) atoms. The Kier molecular flexibility index (Phi) is 4.77. The fourth-order valence-electron chi connectivity index (χ4n) is 1.26. The summed E-state index contributed by atoms with van der Waals surface area (Å²) >= 11 is 11.7. The van der Waals surface area contributed by atoms with Crippen molar-refractivity contribution in [1.29, 1.82) is 0 Å². The zero-order valence-electron chi connectivity index (χ0n) is 8.11. The van der Waals surface area contributed by atoms with Crippen molar-refractivity contribution in [2.24, 2.45) is 0 Å². The molecule has 0 aromatic heterocycles. The highest BCUT2D eigenvalue weighted by Gasteiger charge is 2.20. The van der Waals surface area contributed by atoms with Crippen molar-refractivity contribution in [2.45, 2.75) is 18.9 Å². The number of rotatable bonds is 4. The van der Waals surface area contributed by atoms with Crippen LogP contribution in [0.3, 0.4) is 0 Å².